The zero-order valence-electron chi connectivity index (χ0n) is 17.2. The van der Waals surface area contributed by atoms with Gasteiger partial charge in [0.25, 0.3) is 0 Å². The molecular formula is C22H48N+. The molecule has 0 aromatic carbocycles. The number of nitrogens with zero attached hydrogens (tertiary/aromatic N) is 1. The van der Waals surface area contributed by atoms with Crippen LogP contribution in [0.4, 0.5) is 0 Å². The first-order chi connectivity index (χ1) is 11.2. The third kappa shape index (κ3) is 13.0. The molecule has 0 atom stereocenters. The molecule has 0 rings (SSSR count). The number of unbranched alkanes of at least 4 members (excludes halogenated alkanes) is 11. The fraction of sp³-hybridized carbons (Fsp3) is 1.00. The number of quaternary nitrogens is 1. The zero-order chi connectivity index (χ0) is 17.2. The standard InChI is InChI=1S/C22H48N/c1-5-9-12-14-16-18-21-23(8-4,20-11-7-3)22-19-17-15-13-10-6-2/h5-22H2,1-4H3/q+1. The van der Waals surface area contributed by atoms with Gasteiger partial charge in [0.05, 0.1) is 26.2 Å². The molecule has 23 heavy (non-hydrogen) atoms. The maximum atomic E-state index is 2.43. The molecule has 0 spiro atoms. The van der Waals surface area contributed by atoms with E-state index in [4.69, 9.17) is 0 Å². The van der Waals surface area contributed by atoms with Crippen LogP contribution >= 0.6 is 0 Å². The molecule has 1 heteroatoms. The van der Waals surface area contributed by atoms with Crippen molar-refractivity contribution in [1.29, 1.82) is 0 Å². The number of hydrogen-bond acceptors (Lipinski definition) is 0. The van der Waals surface area contributed by atoms with Crippen LogP contribution in [0, 0.1) is 0 Å². The van der Waals surface area contributed by atoms with Gasteiger partial charge in [0.2, 0.25) is 0 Å². The third-order valence-electron chi connectivity index (χ3n) is 5.63. The molecule has 140 valence electrons. The van der Waals surface area contributed by atoms with Gasteiger partial charge in [-0.2, -0.15) is 0 Å². The molecule has 0 aliphatic rings. The van der Waals surface area contributed by atoms with Crippen LogP contribution in [0.5, 0.6) is 0 Å². The Labute approximate surface area is 148 Å². The van der Waals surface area contributed by atoms with Gasteiger partial charge < -0.3 is 4.48 Å². The molecular weight excluding hydrogens is 278 g/mol. The molecule has 0 saturated carbocycles. The highest BCUT2D eigenvalue weighted by Crippen LogP contribution is 2.17. The van der Waals surface area contributed by atoms with E-state index in [1.807, 2.05) is 0 Å². The lowest BCUT2D eigenvalue weighted by atomic mass is 10.1. The molecule has 0 heterocycles. The van der Waals surface area contributed by atoms with Crippen LogP contribution in [-0.4, -0.2) is 30.7 Å². The van der Waals surface area contributed by atoms with Crippen molar-refractivity contribution in [3.05, 3.63) is 0 Å². The van der Waals surface area contributed by atoms with Crippen molar-refractivity contribution in [3.63, 3.8) is 0 Å². The first-order valence-electron chi connectivity index (χ1n) is 11.1. The van der Waals surface area contributed by atoms with Crippen LogP contribution in [0.2, 0.25) is 0 Å². The molecule has 0 aromatic rings. The monoisotopic (exact) mass is 326 g/mol. The van der Waals surface area contributed by atoms with E-state index in [1.54, 1.807) is 0 Å². The van der Waals surface area contributed by atoms with Crippen molar-refractivity contribution in [2.75, 3.05) is 26.2 Å². The van der Waals surface area contributed by atoms with E-state index in [2.05, 4.69) is 27.7 Å². The van der Waals surface area contributed by atoms with Gasteiger partial charge in [-0.3, -0.25) is 0 Å². The molecule has 1 nitrogen and oxygen atoms in total. The highest BCUT2D eigenvalue weighted by Gasteiger charge is 2.23. The molecule has 0 aliphatic carbocycles. The lowest BCUT2D eigenvalue weighted by molar-refractivity contribution is -0.927. The van der Waals surface area contributed by atoms with Gasteiger partial charge in [0, 0.05) is 0 Å². The van der Waals surface area contributed by atoms with Crippen molar-refractivity contribution in [2.45, 2.75) is 118 Å². The molecule has 0 unspecified atom stereocenters. The highest BCUT2D eigenvalue weighted by molar-refractivity contribution is 4.51. The van der Waals surface area contributed by atoms with E-state index < -0.39 is 0 Å². The van der Waals surface area contributed by atoms with Gasteiger partial charge in [-0.05, 0) is 39.0 Å². The fourth-order valence-electron chi connectivity index (χ4n) is 3.76. The predicted molar refractivity (Wildman–Crippen MR) is 107 cm³/mol. The Hall–Kier alpha value is -0.0400. The Balaban J connectivity index is 4.06. The second-order valence-corrected chi connectivity index (χ2v) is 7.72. The summed E-state index contributed by atoms with van der Waals surface area (Å²) < 4.78 is 1.41. The van der Waals surface area contributed by atoms with Gasteiger partial charge in [-0.15, -0.1) is 0 Å². The summed E-state index contributed by atoms with van der Waals surface area (Å²) >= 11 is 0. The second kappa shape index (κ2) is 16.8. The molecule has 0 aromatic heterocycles. The summed E-state index contributed by atoms with van der Waals surface area (Å²) in [7, 11) is 0. The smallest absolute Gasteiger partial charge is 0.0786 e. The van der Waals surface area contributed by atoms with Crippen LogP contribution in [0.1, 0.15) is 118 Å². The summed E-state index contributed by atoms with van der Waals surface area (Å²) in [5.74, 6) is 0. The summed E-state index contributed by atoms with van der Waals surface area (Å²) in [5, 5.41) is 0. The molecule has 0 radical (unpaired) electrons. The molecule has 0 N–H and O–H groups in total. The maximum absolute atomic E-state index is 2.43. The summed E-state index contributed by atoms with van der Waals surface area (Å²) in [6, 6.07) is 0. The van der Waals surface area contributed by atoms with Crippen LogP contribution in [0.25, 0.3) is 0 Å². The van der Waals surface area contributed by atoms with Crippen molar-refractivity contribution in [1.82, 2.24) is 0 Å². The van der Waals surface area contributed by atoms with Crippen molar-refractivity contribution in [3.8, 4) is 0 Å². The van der Waals surface area contributed by atoms with E-state index in [-0.39, 0.29) is 0 Å². The average Bonchev–Trinajstić information content (AvgIpc) is 2.58. The number of hydrogen-bond donors (Lipinski definition) is 0. The Morgan fingerprint density at radius 2 is 0.739 bits per heavy atom. The van der Waals surface area contributed by atoms with E-state index in [0.717, 1.165) is 0 Å². The SMILES string of the molecule is CCCCCCCC[N+](CC)(CCCC)CCCCCCCC. The second-order valence-electron chi connectivity index (χ2n) is 7.72. The largest absolute Gasteiger partial charge is 0.324 e. The summed E-state index contributed by atoms with van der Waals surface area (Å²) in [5.41, 5.74) is 0. The quantitative estimate of drug-likeness (QED) is 0.182. The Morgan fingerprint density at radius 1 is 0.391 bits per heavy atom. The van der Waals surface area contributed by atoms with Gasteiger partial charge >= 0.3 is 0 Å². The lowest BCUT2D eigenvalue weighted by Crippen LogP contribution is -2.49. The Kier molecular flexibility index (Phi) is 16.8. The number of rotatable bonds is 18. The van der Waals surface area contributed by atoms with Crippen molar-refractivity contribution in [2.24, 2.45) is 0 Å². The molecule has 0 saturated heterocycles. The Bertz CT molecular complexity index is 208. The molecule has 0 amide bonds. The van der Waals surface area contributed by atoms with Crippen LogP contribution in [0.3, 0.4) is 0 Å². The van der Waals surface area contributed by atoms with Crippen molar-refractivity contribution >= 4 is 0 Å². The van der Waals surface area contributed by atoms with Gasteiger partial charge in [0.15, 0.2) is 0 Å². The van der Waals surface area contributed by atoms with Crippen LogP contribution < -0.4 is 0 Å². The minimum atomic E-state index is 1.35. The molecule has 0 bridgehead atoms. The first kappa shape index (κ1) is 23.0. The van der Waals surface area contributed by atoms with Crippen LogP contribution in [-0.2, 0) is 0 Å². The van der Waals surface area contributed by atoms with Crippen LogP contribution in [0.15, 0.2) is 0 Å². The van der Waals surface area contributed by atoms with E-state index in [9.17, 15) is 0 Å². The van der Waals surface area contributed by atoms with Gasteiger partial charge in [0.1, 0.15) is 0 Å². The lowest BCUT2D eigenvalue weighted by Gasteiger charge is -2.38. The summed E-state index contributed by atoms with van der Waals surface area (Å²) in [6.45, 7) is 15.1. The average molecular weight is 327 g/mol. The molecule has 0 fully saturated rings. The third-order valence-corrected chi connectivity index (χ3v) is 5.63. The summed E-state index contributed by atoms with van der Waals surface area (Å²) in [6.07, 6.45) is 20.0. The highest BCUT2D eigenvalue weighted by atomic mass is 15.3. The van der Waals surface area contributed by atoms with Gasteiger partial charge in [-0.25, -0.2) is 0 Å². The fourth-order valence-corrected chi connectivity index (χ4v) is 3.76. The Morgan fingerprint density at radius 3 is 1.13 bits per heavy atom. The first-order valence-corrected chi connectivity index (χ1v) is 11.1. The van der Waals surface area contributed by atoms with E-state index in [0.29, 0.717) is 0 Å². The topological polar surface area (TPSA) is 0 Å². The maximum Gasteiger partial charge on any atom is 0.0786 e. The van der Waals surface area contributed by atoms with Gasteiger partial charge in [-0.1, -0.05) is 78.6 Å². The zero-order valence-corrected chi connectivity index (χ0v) is 17.2. The molecule has 0 aliphatic heterocycles. The van der Waals surface area contributed by atoms with E-state index in [1.165, 1.54) is 121 Å². The normalized spacial score (nSPS) is 12.0. The minimum Gasteiger partial charge on any atom is -0.324 e. The predicted octanol–water partition coefficient (Wildman–Crippen LogP) is 7.34. The van der Waals surface area contributed by atoms with Crippen molar-refractivity contribution < 1.29 is 4.48 Å². The minimum absolute atomic E-state index is 1.35. The summed E-state index contributed by atoms with van der Waals surface area (Å²) in [4.78, 5) is 0. The van der Waals surface area contributed by atoms with E-state index >= 15 is 0 Å².